The summed E-state index contributed by atoms with van der Waals surface area (Å²) in [6.45, 7) is 4.00. The van der Waals surface area contributed by atoms with Crippen LogP contribution in [0.25, 0.3) is 0 Å². The largest absolute Gasteiger partial charge is 0.496 e. The normalized spacial score (nSPS) is 16.1. The Kier molecular flexibility index (Phi) is 6.66. The van der Waals surface area contributed by atoms with Crippen LogP contribution in [0.2, 0.25) is 0 Å². The summed E-state index contributed by atoms with van der Waals surface area (Å²) >= 11 is 3.44. The number of ether oxygens (including phenoxy) is 2. The second-order valence-electron chi connectivity index (χ2n) is 6.20. The summed E-state index contributed by atoms with van der Waals surface area (Å²) in [5.41, 5.74) is 1.69. The second-order valence-corrected chi connectivity index (χ2v) is 7.05. The van der Waals surface area contributed by atoms with Crippen LogP contribution in [-0.4, -0.2) is 50.8 Å². The van der Waals surface area contributed by atoms with E-state index in [1.54, 1.807) is 25.3 Å². The molecule has 138 valence electrons. The first-order valence-electron chi connectivity index (χ1n) is 8.67. The van der Waals surface area contributed by atoms with Crippen molar-refractivity contribution in [3.8, 4) is 5.75 Å². The number of benzene rings is 2. The van der Waals surface area contributed by atoms with Crippen LogP contribution in [0.4, 0.5) is 0 Å². The zero-order valence-corrected chi connectivity index (χ0v) is 16.4. The molecule has 1 atom stereocenters. The summed E-state index contributed by atoms with van der Waals surface area (Å²) in [5, 5.41) is 3.18. The Labute approximate surface area is 162 Å². The number of methoxy groups -OCH3 is 1. The van der Waals surface area contributed by atoms with E-state index in [4.69, 9.17) is 9.47 Å². The maximum absolute atomic E-state index is 12.8. The lowest BCUT2D eigenvalue weighted by atomic mass is 10.1. The number of hydrogen-bond donors (Lipinski definition) is 1. The molecular weight excluding hydrogens is 396 g/mol. The molecule has 0 aromatic heterocycles. The maximum Gasteiger partial charge on any atom is 0.251 e. The molecule has 3 rings (SSSR count). The van der Waals surface area contributed by atoms with Gasteiger partial charge < -0.3 is 14.8 Å². The third kappa shape index (κ3) is 4.84. The van der Waals surface area contributed by atoms with Gasteiger partial charge in [0.1, 0.15) is 5.75 Å². The Bertz CT molecular complexity index is 733. The molecule has 6 heteroatoms. The Morgan fingerprint density at radius 2 is 1.96 bits per heavy atom. The molecule has 0 unspecified atom stereocenters. The van der Waals surface area contributed by atoms with E-state index in [-0.39, 0.29) is 11.9 Å². The Balaban J connectivity index is 1.76. The van der Waals surface area contributed by atoms with Gasteiger partial charge in [0.25, 0.3) is 5.91 Å². The van der Waals surface area contributed by atoms with Crippen LogP contribution in [0.5, 0.6) is 5.75 Å². The van der Waals surface area contributed by atoms with Gasteiger partial charge in [-0.25, -0.2) is 0 Å². The van der Waals surface area contributed by atoms with Crippen LogP contribution in [0.15, 0.2) is 53.0 Å². The molecule has 1 N–H and O–H groups in total. The highest BCUT2D eigenvalue weighted by Crippen LogP contribution is 2.26. The molecule has 26 heavy (non-hydrogen) atoms. The van der Waals surface area contributed by atoms with E-state index in [0.29, 0.717) is 11.3 Å². The summed E-state index contributed by atoms with van der Waals surface area (Å²) in [4.78, 5) is 15.1. The quantitative estimate of drug-likeness (QED) is 0.781. The zero-order chi connectivity index (χ0) is 18.4. The monoisotopic (exact) mass is 418 g/mol. The van der Waals surface area contributed by atoms with E-state index in [1.807, 2.05) is 18.2 Å². The summed E-state index contributed by atoms with van der Waals surface area (Å²) in [5.74, 6) is 0.602. The van der Waals surface area contributed by atoms with E-state index >= 15 is 0 Å². The predicted octanol–water partition coefficient (Wildman–Crippen LogP) is 3.26. The number of hydrogen-bond acceptors (Lipinski definition) is 4. The summed E-state index contributed by atoms with van der Waals surface area (Å²) in [6.07, 6.45) is 0. The van der Waals surface area contributed by atoms with Gasteiger partial charge in [-0.05, 0) is 39.7 Å². The molecule has 1 saturated heterocycles. The topological polar surface area (TPSA) is 50.8 Å². The molecule has 1 aliphatic heterocycles. The minimum Gasteiger partial charge on any atom is -0.496 e. The number of rotatable bonds is 6. The fourth-order valence-corrected chi connectivity index (χ4v) is 3.55. The minimum atomic E-state index is -0.101. The number of morpholine rings is 1. The van der Waals surface area contributed by atoms with E-state index in [2.05, 4.69) is 38.3 Å². The molecule has 0 bridgehead atoms. The van der Waals surface area contributed by atoms with Crippen molar-refractivity contribution in [2.45, 2.75) is 6.04 Å². The third-order valence-electron chi connectivity index (χ3n) is 4.47. The molecular formula is C20H23BrN2O3. The van der Waals surface area contributed by atoms with Crippen LogP contribution in [0, 0.1) is 0 Å². The Morgan fingerprint density at radius 1 is 1.23 bits per heavy atom. The highest BCUT2D eigenvalue weighted by atomic mass is 79.9. The molecule has 0 spiro atoms. The van der Waals surface area contributed by atoms with Crippen molar-refractivity contribution in [3.63, 3.8) is 0 Å². The van der Waals surface area contributed by atoms with Crippen molar-refractivity contribution in [3.05, 3.63) is 64.1 Å². The standard InChI is InChI=1S/C20H23BrN2O3/c1-25-19-8-7-16(13-17(19)21)20(24)22-18(15-5-3-2-4-6-15)14-23-9-11-26-12-10-23/h2-8,13,18H,9-12,14H2,1H3,(H,22,24)/t18-/m1/s1. The Morgan fingerprint density at radius 3 is 2.62 bits per heavy atom. The maximum atomic E-state index is 12.8. The molecule has 5 nitrogen and oxygen atoms in total. The first kappa shape index (κ1) is 18.9. The summed E-state index contributed by atoms with van der Waals surface area (Å²) in [7, 11) is 1.60. The predicted molar refractivity (Wildman–Crippen MR) is 105 cm³/mol. The van der Waals surface area contributed by atoms with Gasteiger partial charge in [0.2, 0.25) is 0 Å². The number of nitrogens with zero attached hydrogens (tertiary/aromatic N) is 1. The number of nitrogens with one attached hydrogen (secondary N) is 1. The molecule has 1 amide bonds. The molecule has 0 aliphatic carbocycles. The second kappa shape index (κ2) is 9.16. The van der Waals surface area contributed by atoms with Crippen LogP contribution < -0.4 is 10.1 Å². The minimum absolute atomic E-state index is 0.0809. The number of halogens is 1. The highest BCUT2D eigenvalue weighted by molar-refractivity contribution is 9.10. The van der Waals surface area contributed by atoms with Gasteiger partial charge in [-0.1, -0.05) is 30.3 Å². The SMILES string of the molecule is COc1ccc(C(=O)N[C@H](CN2CCOCC2)c2ccccc2)cc1Br. The fourth-order valence-electron chi connectivity index (χ4n) is 3.01. The average molecular weight is 419 g/mol. The molecule has 2 aromatic rings. The van der Waals surface area contributed by atoms with Gasteiger partial charge in [-0.2, -0.15) is 0 Å². The average Bonchev–Trinajstić information content (AvgIpc) is 2.69. The van der Waals surface area contributed by atoms with E-state index in [9.17, 15) is 4.79 Å². The van der Waals surface area contributed by atoms with Gasteiger partial charge in [0.05, 0.1) is 30.8 Å². The van der Waals surface area contributed by atoms with Crippen LogP contribution in [-0.2, 0) is 4.74 Å². The van der Waals surface area contributed by atoms with Crippen molar-refractivity contribution in [1.29, 1.82) is 0 Å². The number of carbonyl (C=O) groups is 1. The molecule has 2 aromatic carbocycles. The summed E-state index contributed by atoms with van der Waals surface area (Å²) < 4.78 is 11.4. The molecule has 1 fully saturated rings. The lowest BCUT2D eigenvalue weighted by Crippen LogP contribution is -2.43. The third-order valence-corrected chi connectivity index (χ3v) is 5.09. The molecule has 1 heterocycles. The van der Waals surface area contributed by atoms with Crippen LogP contribution in [0.3, 0.4) is 0 Å². The number of carbonyl (C=O) groups excluding carboxylic acids is 1. The zero-order valence-electron chi connectivity index (χ0n) is 14.8. The van der Waals surface area contributed by atoms with Gasteiger partial charge in [0, 0.05) is 25.2 Å². The van der Waals surface area contributed by atoms with E-state index < -0.39 is 0 Å². The lowest BCUT2D eigenvalue weighted by Gasteiger charge is -2.31. The van der Waals surface area contributed by atoms with Crippen molar-refractivity contribution in [2.75, 3.05) is 40.0 Å². The van der Waals surface area contributed by atoms with E-state index in [0.717, 1.165) is 42.9 Å². The molecule has 0 radical (unpaired) electrons. The fraction of sp³-hybridized carbons (Fsp3) is 0.350. The van der Waals surface area contributed by atoms with Crippen LogP contribution >= 0.6 is 15.9 Å². The first-order chi connectivity index (χ1) is 12.7. The van der Waals surface area contributed by atoms with Crippen molar-refractivity contribution in [1.82, 2.24) is 10.2 Å². The first-order valence-corrected chi connectivity index (χ1v) is 9.46. The van der Waals surface area contributed by atoms with Crippen LogP contribution in [0.1, 0.15) is 22.0 Å². The number of amides is 1. The molecule has 1 aliphatic rings. The van der Waals surface area contributed by atoms with E-state index in [1.165, 1.54) is 0 Å². The van der Waals surface area contributed by atoms with Gasteiger partial charge in [-0.15, -0.1) is 0 Å². The van der Waals surface area contributed by atoms with Crippen molar-refractivity contribution < 1.29 is 14.3 Å². The van der Waals surface area contributed by atoms with Crippen molar-refractivity contribution in [2.24, 2.45) is 0 Å². The van der Waals surface area contributed by atoms with Gasteiger partial charge >= 0.3 is 0 Å². The van der Waals surface area contributed by atoms with Gasteiger partial charge in [-0.3, -0.25) is 9.69 Å². The smallest absolute Gasteiger partial charge is 0.251 e. The lowest BCUT2D eigenvalue weighted by molar-refractivity contribution is 0.0332. The molecule has 0 saturated carbocycles. The van der Waals surface area contributed by atoms with Crippen molar-refractivity contribution >= 4 is 21.8 Å². The Hall–Kier alpha value is -1.89. The highest BCUT2D eigenvalue weighted by Gasteiger charge is 2.21. The van der Waals surface area contributed by atoms with Gasteiger partial charge in [0.15, 0.2) is 0 Å². The summed E-state index contributed by atoms with van der Waals surface area (Å²) in [6, 6.07) is 15.3.